The second-order valence-electron chi connectivity index (χ2n) is 6.93. The highest BCUT2D eigenvalue weighted by Crippen LogP contribution is 2.21. The normalized spacial score (nSPS) is 17.6. The van der Waals surface area contributed by atoms with Crippen LogP contribution in [0.2, 0.25) is 0 Å². The molecule has 0 saturated carbocycles. The summed E-state index contributed by atoms with van der Waals surface area (Å²) in [6, 6.07) is 1.96. The lowest BCUT2D eigenvalue weighted by atomic mass is 9.99. The molecule has 1 aromatic rings. The smallest absolute Gasteiger partial charge is 0.255 e. The van der Waals surface area contributed by atoms with Crippen molar-refractivity contribution in [1.82, 2.24) is 20.1 Å². The van der Waals surface area contributed by atoms with E-state index >= 15 is 0 Å². The van der Waals surface area contributed by atoms with Gasteiger partial charge < -0.3 is 15.1 Å². The van der Waals surface area contributed by atoms with Crippen LogP contribution in [0.3, 0.4) is 0 Å². The molecular formula is C19H30N4O2. The largest absolute Gasteiger partial charge is 0.352 e. The van der Waals surface area contributed by atoms with E-state index in [-0.39, 0.29) is 11.8 Å². The van der Waals surface area contributed by atoms with Gasteiger partial charge in [0.2, 0.25) is 0 Å². The number of nitrogens with one attached hydrogen (secondary N) is 1. The maximum absolute atomic E-state index is 12.8. The molecule has 1 saturated heterocycles. The van der Waals surface area contributed by atoms with Crippen LogP contribution in [-0.4, -0.2) is 66.4 Å². The fourth-order valence-corrected chi connectivity index (χ4v) is 3.24. The van der Waals surface area contributed by atoms with Crippen LogP contribution < -0.4 is 5.32 Å². The molecule has 0 aliphatic carbocycles. The van der Waals surface area contributed by atoms with Crippen LogP contribution in [0.4, 0.5) is 0 Å². The molecule has 6 heteroatoms. The molecule has 1 aromatic heterocycles. The number of piperidine rings is 1. The lowest BCUT2D eigenvalue weighted by Crippen LogP contribution is -2.43. The number of nitrogens with zero attached hydrogens (tertiary/aromatic N) is 3. The fourth-order valence-electron chi connectivity index (χ4n) is 3.24. The number of carbonyl (C=O) groups is 2. The zero-order chi connectivity index (χ0) is 18.2. The van der Waals surface area contributed by atoms with Crippen LogP contribution in [0.15, 0.2) is 18.5 Å². The minimum absolute atomic E-state index is 0.0127. The Morgan fingerprint density at radius 1 is 1.28 bits per heavy atom. The molecule has 138 valence electrons. The summed E-state index contributed by atoms with van der Waals surface area (Å²) in [6.45, 7) is 4.44. The van der Waals surface area contributed by atoms with E-state index in [4.69, 9.17) is 0 Å². The summed E-state index contributed by atoms with van der Waals surface area (Å²) in [5, 5.41) is 2.89. The molecule has 0 bridgehead atoms. The van der Waals surface area contributed by atoms with Crippen molar-refractivity contribution in [2.75, 3.05) is 33.7 Å². The van der Waals surface area contributed by atoms with Crippen LogP contribution in [0.5, 0.6) is 0 Å². The molecule has 25 heavy (non-hydrogen) atoms. The molecule has 1 fully saturated rings. The summed E-state index contributed by atoms with van der Waals surface area (Å²) in [5.74, 6) is -0.187. The van der Waals surface area contributed by atoms with Crippen LogP contribution >= 0.6 is 0 Å². The van der Waals surface area contributed by atoms with Crippen molar-refractivity contribution in [3.8, 4) is 0 Å². The van der Waals surface area contributed by atoms with Crippen LogP contribution in [-0.2, 0) is 0 Å². The topological polar surface area (TPSA) is 65.5 Å². The number of likely N-dealkylation sites (tertiary alicyclic amines) is 1. The van der Waals surface area contributed by atoms with Gasteiger partial charge in [-0.3, -0.25) is 14.6 Å². The Balaban J connectivity index is 1.99. The third-order valence-electron chi connectivity index (χ3n) is 4.67. The monoisotopic (exact) mass is 346 g/mol. The molecular weight excluding hydrogens is 316 g/mol. The lowest BCUT2D eigenvalue weighted by molar-refractivity contribution is 0.0607. The maximum atomic E-state index is 12.8. The van der Waals surface area contributed by atoms with Crippen molar-refractivity contribution >= 4 is 11.8 Å². The van der Waals surface area contributed by atoms with E-state index in [9.17, 15) is 9.59 Å². The van der Waals surface area contributed by atoms with E-state index in [2.05, 4.69) is 22.1 Å². The summed E-state index contributed by atoms with van der Waals surface area (Å²) >= 11 is 0. The van der Waals surface area contributed by atoms with Gasteiger partial charge in [-0.15, -0.1) is 0 Å². The Hall–Kier alpha value is -1.95. The first kappa shape index (κ1) is 19.4. The van der Waals surface area contributed by atoms with Gasteiger partial charge in [0, 0.05) is 31.5 Å². The minimum atomic E-state index is -0.174. The van der Waals surface area contributed by atoms with Crippen LogP contribution in [0, 0.1) is 0 Å². The number of hydrogen-bond donors (Lipinski definition) is 1. The molecule has 1 atom stereocenters. The predicted molar refractivity (Wildman–Crippen MR) is 98.7 cm³/mol. The van der Waals surface area contributed by atoms with Gasteiger partial charge in [0.05, 0.1) is 11.1 Å². The van der Waals surface area contributed by atoms with Gasteiger partial charge in [0.1, 0.15) is 0 Å². The van der Waals surface area contributed by atoms with Gasteiger partial charge in [-0.2, -0.15) is 0 Å². The molecule has 0 aromatic carbocycles. The van der Waals surface area contributed by atoms with Crippen molar-refractivity contribution in [2.45, 2.75) is 45.1 Å². The fraction of sp³-hybridized carbons (Fsp3) is 0.632. The van der Waals surface area contributed by atoms with Crippen LogP contribution in [0.1, 0.15) is 59.7 Å². The Kier molecular flexibility index (Phi) is 7.37. The predicted octanol–water partition coefficient (Wildman–Crippen LogP) is 2.17. The molecule has 2 amide bonds. The molecule has 1 aliphatic heterocycles. The summed E-state index contributed by atoms with van der Waals surface area (Å²) < 4.78 is 0. The third-order valence-corrected chi connectivity index (χ3v) is 4.67. The summed E-state index contributed by atoms with van der Waals surface area (Å²) in [5.41, 5.74) is 0.946. The van der Waals surface area contributed by atoms with Gasteiger partial charge in [-0.25, -0.2) is 0 Å². The first-order chi connectivity index (χ1) is 12.0. The highest BCUT2D eigenvalue weighted by atomic mass is 16.2. The zero-order valence-corrected chi connectivity index (χ0v) is 15.6. The summed E-state index contributed by atoms with van der Waals surface area (Å²) in [7, 11) is 4.01. The summed E-state index contributed by atoms with van der Waals surface area (Å²) in [4.78, 5) is 33.2. The number of hydrogen-bond acceptors (Lipinski definition) is 4. The second kappa shape index (κ2) is 9.51. The van der Waals surface area contributed by atoms with Gasteiger partial charge in [-0.1, -0.05) is 6.92 Å². The highest BCUT2D eigenvalue weighted by molar-refractivity contribution is 5.99. The zero-order valence-electron chi connectivity index (χ0n) is 15.6. The molecule has 1 aliphatic rings. The number of amides is 2. The van der Waals surface area contributed by atoms with Crippen molar-refractivity contribution in [1.29, 1.82) is 0 Å². The first-order valence-corrected chi connectivity index (χ1v) is 9.22. The van der Waals surface area contributed by atoms with Crippen molar-refractivity contribution in [3.63, 3.8) is 0 Å². The molecule has 1 unspecified atom stereocenters. The highest BCUT2D eigenvalue weighted by Gasteiger charge is 2.26. The average molecular weight is 346 g/mol. The second-order valence-corrected chi connectivity index (χ2v) is 6.93. The van der Waals surface area contributed by atoms with E-state index in [1.165, 1.54) is 12.6 Å². The van der Waals surface area contributed by atoms with E-state index in [0.29, 0.717) is 23.7 Å². The standard InChI is InChI=1S/C19H30N4O2/c1-4-17-8-5-6-11-23(17)19(25)16-12-15(13-20-14-16)18(24)21-9-7-10-22(2)3/h12-14,17H,4-11H2,1-3H3,(H,21,24). The molecule has 2 heterocycles. The SMILES string of the molecule is CCC1CCCCN1C(=O)c1cncc(C(=O)NCCCN(C)C)c1. The van der Waals surface area contributed by atoms with Gasteiger partial charge in [0.15, 0.2) is 0 Å². The maximum Gasteiger partial charge on any atom is 0.255 e. The van der Waals surface area contributed by atoms with Crippen molar-refractivity contribution < 1.29 is 9.59 Å². The Labute approximate surface area is 150 Å². The quantitative estimate of drug-likeness (QED) is 0.769. The average Bonchev–Trinajstić information content (AvgIpc) is 2.64. The van der Waals surface area contributed by atoms with E-state index in [1.54, 1.807) is 12.3 Å². The van der Waals surface area contributed by atoms with E-state index in [1.807, 2.05) is 19.0 Å². The van der Waals surface area contributed by atoms with Gasteiger partial charge >= 0.3 is 0 Å². The van der Waals surface area contributed by atoms with Crippen molar-refractivity contribution in [3.05, 3.63) is 29.6 Å². The minimum Gasteiger partial charge on any atom is -0.352 e. The number of rotatable bonds is 7. The van der Waals surface area contributed by atoms with Gasteiger partial charge in [-0.05, 0) is 58.8 Å². The Morgan fingerprint density at radius 2 is 2.04 bits per heavy atom. The Morgan fingerprint density at radius 3 is 2.76 bits per heavy atom. The van der Waals surface area contributed by atoms with E-state index < -0.39 is 0 Å². The lowest BCUT2D eigenvalue weighted by Gasteiger charge is -2.35. The number of aromatic nitrogens is 1. The molecule has 1 N–H and O–H groups in total. The molecule has 2 rings (SSSR count). The van der Waals surface area contributed by atoms with Gasteiger partial charge in [0.25, 0.3) is 11.8 Å². The number of carbonyl (C=O) groups excluding carboxylic acids is 2. The first-order valence-electron chi connectivity index (χ1n) is 9.22. The third kappa shape index (κ3) is 5.53. The molecule has 0 radical (unpaired) electrons. The molecule has 6 nitrogen and oxygen atoms in total. The van der Waals surface area contributed by atoms with E-state index in [0.717, 1.165) is 38.8 Å². The number of pyridine rings is 1. The Bertz CT molecular complexity index is 589. The van der Waals surface area contributed by atoms with Crippen molar-refractivity contribution in [2.24, 2.45) is 0 Å². The summed E-state index contributed by atoms with van der Waals surface area (Å²) in [6.07, 6.45) is 8.21. The molecule has 0 spiro atoms. The van der Waals surface area contributed by atoms with Crippen LogP contribution in [0.25, 0.3) is 0 Å².